The van der Waals surface area contributed by atoms with Crippen molar-refractivity contribution in [2.75, 3.05) is 13.4 Å². The molecule has 0 fully saturated rings. The van der Waals surface area contributed by atoms with E-state index in [1.54, 1.807) is 30.5 Å². The second-order valence-electron chi connectivity index (χ2n) is 6.69. The van der Waals surface area contributed by atoms with Crippen molar-refractivity contribution in [3.63, 3.8) is 0 Å². The van der Waals surface area contributed by atoms with Crippen molar-refractivity contribution in [3.05, 3.63) is 106 Å². The molecule has 11 heteroatoms. The van der Waals surface area contributed by atoms with Crippen LogP contribution in [0.3, 0.4) is 0 Å². The highest BCUT2D eigenvalue weighted by Crippen LogP contribution is 2.39. The van der Waals surface area contributed by atoms with Gasteiger partial charge in [0, 0.05) is 23.6 Å². The van der Waals surface area contributed by atoms with E-state index in [1.165, 1.54) is 6.07 Å². The third kappa shape index (κ3) is 8.09. The van der Waals surface area contributed by atoms with E-state index in [0.717, 1.165) is 47.2 Å². The molecule has 2 aromatic carbocycles. The molecule has 190 valence electrons. The normalized spacial score (nSPS) is 9.86. The van der Waals surface area contributed by atoms with Crippen LogP contribution in [0.2, 0.25) is 0 Å². The number of aromatic nitrogens is 1. The van der Waals surface area contributed by atoms with Gasteiger partial charge in [-0.15, -0.1) is 11.8 Å². The Morgan fingerprint density at radius 2 is 1.86 bits per heavy atom. The van der Waals surface area contributed by atoms with Gasteiger partial charge in [0.05, 0.1) is 17.5 Å². The Balaban J connectivity index is 0.000000491. The van der Waals surface area contributed by atoms with Crippen LogP contribution in [0.4, 0.5) is 17.2 Å². The zero-order valence-corrected chi connectivity index (χ0v) is 21.1. The van der Waals surface area contributed by atoms with E-state index >= 15 is 0 Å². The number of aromatic hydroxyl groups is 1. The highest BCUT2D eigenvalue weighted by molar-refractivity contribution is 8.07. The quantitative estimate of drug-likeness (QED) is 0.302. The molecule has 0 aliphatic rings. The van der Waals surface area contributed by atoms with E-state index in [4.69, 9.17) is 15.5 Å². The number of thioether (sulfide) groups is 1. The zero-order chi connectivity index (χ0) is 27.4. The number of nitriles is 1. The fraction of sp³-hybridized carbons (Fsp3) is 0.120. The first-order chi connectivity index (χ1) is 17.1. The monoisotopic (exact) mass is 538 g/mol. The molecule has 1 aromatic heterocycles. The van der Waals surface area contributed by atoms with E-state index in [1.807, 2.05) is 6.07 Å². The number of phenolic OH excluding ortho intramolecular Hbond substituents is 1. The highest BCUT2D eigenvalue weighted by atomic mass is 32.2. The summed E-state index contributed by atoms with van der Waals surface area (Å²) in [5.41, 5.74) is -0.654. The summed E-state index contributed by atoms with van der Waals surface area (Å²) in [6.45, 7) is 6.93. The lowest BCUT2D eigenvalue weighted by molar-refractivity contribution is 0.399. The lowest BCUT2D eigenvalue weighted by atomic mass is 10.1. The van der Waals surface area contributed by atoms with Crippen molar-refractivity contribution >= 4 is 36.6 Å². The van der Waals surface area contributed by atoms with Crippen molar-refractivity contribution in [2.45, 2.75) is 6.54 Å². The summed E-state index contributed by atoms with van der Waals surface area (Å²) in [5.74, 6) is -1.38. The number of pyridine rings is 1. The number of halogens is 4. The van der Waals surface area contributed by atoms with Gasteiger partial charge in [-0.3, -0.25) is 4.79 Å². The smallest absolute Gasteiger partial charge is 0.299 e. The summed E-state index contributed by atoms with van der Waals surface area (Å²) >= 11 is 1.12. The molecule has 36 heavy (non-hydrogen) atoms. The number of nitrogens with zero attached hydrogens (tertiary/aromatic N) is 2. The minimum Gasteiger partial charge on any atom is -0.508 e. The van der Waals surface area contributed by atoms with Gasteiger partial charge in [-0.1, -0.05) is 37.4 Å². The van der Waals surface area contributed by atoms with Gasteiger partial charge in [0.2, 0.25) is 0 Å². The van der Waals surface area contributed by atoms with Gasteiger partial charge < -0.3 is 14.8 Å². The maximum Gasteiger partial charge on any atom is 0.299 e. The molecule has 0 saturated heterocycles. The molecule has 0 aliphatic heterocycles. The summed E-state index contributed by atoms with van der Waals surface area (Å²) in [7, 11) is -2.68. The second kappa shape index (κ2) is 14.9. The average Bonchev–Trinajstić information content (AvgIpc) is 2.87. The molecule has 0 spiro atoms. The molecule has 3 rings (SSSR count). The van der Waals surface area contributed by atoms with E-state index < -0.39 is 36.6 Å². The topological polar surface area (TPSA) is 86.2 Å². The van der Waals surface area contributed by atoms with Crippen LogP contribution in [0.25, 0.3) is 11.0 Å². The Labute approximate surface area is 211 Å². The second-order valence-corrected chi connectivity index (χ2v) is 8.54. The van der Waals surface area contributed by atoms with Crippen LogP contribution < -0.4 is 10.9 Å². The molecule has 0 radical (unpaired) electrons. The third-order valence-corrected chi connectivity index (χ3v) is 5.97. The lowest BCUT2D eigenvalue weighted by Crippen LogP contribution is -2.31. The Morgan fingerprint density at radius 3 is 2.33 bits per heavy atom. The predicted molar refractivity (Wildman–Crippen MR) is 139 cm³/mol. The van der Waals surface area contributed by atoms with Crippen LogP contribution in [0, 0.1) is 23.0 Å². The van der Waals surface area contributed by atoms with E-state index in [-0.39, 0.29) is 23.6 Å². The molecule has 0 unspecified atom stereocenters. The highest BCUT2D eigenvalue weighted by Gasteiger charge is 2.23. The number of aliphatic hydroxyl groups is 1. The van der Waals surface area contributed by atoms with Gasteiger partial charge >= 0.3 is 0 Å². The van der Waals surface area contributed by atoms with E-state index in [9.17, 15) is 22.0 Å². The first kappa shape index (κ1) is 30.7. The third-order valence-electron chi connectivity index (χ3n) is 4.55. The number of rotatable bonds is 6. The van der Waals surface area contributed by atoms with E-state index in [0.29, 0.717) is 11.0 Å². The Morgan fingerprint density at radius 1 is 1.19 bits per heavy atom. The molecule has 1 heterocycles. The number of benzene rings is 2. The number of aliphatic hydroxyl groups excluding tert-OH is 1. The fourth-order valence-electron chi connectivity index (χ4n) is 2.84. The van der Waals surface area contributed by atoms with Crippen molar-refractivity contribution in [1.29, 1.82) is 5.26 Å². The largest absolute Gasteiger partial charge is 0.508 e. The van der Waals surface area contributed by atoms with Crippen LogP contribution in [-0.2, 0) is 6.54 Å². The fourth-order valence-corrected chi connectivity index (χ4v) is 3.75. The van der Waals surface area contributed by atoms with Crippen LogP contribution >= 0.6 is 20.3 Å². The van der Waals surface area contributed by atoms with Crippen LogP contribution in [-0.4, -0.2) is 28.1 Å². The van der Waals surface area contributed by atoms with Gasteiger partial charge in [0.15, 0.2) is 0 Å². The molecule has 5 nitrogen and oxygen atoms in total. The minimum atomic E-state index is -3.68. The van der Waals surface area contributed by atoms with E-state index in [2.05, 4.69) is 13.2 Å². The summed E-state index contributed by atoms with van der Waals surface area (Å²) < 4.78 is 54.4. The molecule has 0 amide bonds. The average molecular weight is 539 g/mol. The summed E-state index contributed by atoms with van der Waals surface area (Å²) in [5, 5.41) is 24.3. The maximum atomic E-state index is 13.9. The van der Waals surface area contributed by atoms with Crippen molar-refractivity contribution in [3.8, 4) is 11.8 Å². The molecular weight excluding hydrogens is 515 g/mol. The lowest BCUT2D eigenvalue weighted by Gasteiger charge is -2.16. The summed E-state index contributed by atoms with van der Waals surface area (Å²) in [6, 6.07) is 12.3. The first-order valence-electron chi connectivity index (χ1n) is 9.95. The van der Waals surface area contributed by atoms with Gasteiger partial charge in [0.1, 0.15) is 29.0 Å². The predicted octanol–water partition coefficient (Wildman–Crippen LogP) is 5.90. The molecular formula is C25H23F4N2O3PS. The van der Waals surface area contributed by atoms with Crippen molar-refractivity contribution in [1.82, 2.24) is 4.57 Å². The molecule has 2 N–H and O–H groups in total. The summed E-state index contributed by atoms with van der Waals surface area (Å²) in [6.07, 6.45) is 3.33. The SMILES string of the molecule is C=C(SC)c1cc(P(F)F)c(C#N)c(=O)n1Cc1ccc(F)cc1F.C=Cc1cccc(O)c1.CO. The van der Waals surface area contributed by atoms with Crippen molar-refractivity contribution < 1.29 is 27.4 Å². The van der Waals surface area contributed by atoms with Gasteiger partial charge in [-0.25, -0.2) is 8.78 Å². The Hall–Kier alpha value is -3.38. The van der Waals surface area contributed by atoms with Crippen LogP contribution in [0.15, 0.2) is 66.5 Å². The van der Waals surface area contributed by atoms with Crippen LogP contribution in [0.1, 0.15) is 22.4 Å². The zero-order valence-electron chi connectivity index (χ0n) is 19.4. The standard InChI is InChI=1S/C16H11F4N2OPS.C8H8O.CH4O/c1-9(25-2)14-6-15(24(19)20)12(7-21)16(23)22(14)8-10-3-4-11(17)5-13(10)18;1-2-7-4-3-5-8(9)6-7;1-2/h3-6H,1,8H2,2H3;2-6,9H,1H2;2H,1H3. The molecule has 0 saturated carbocycles. The van der Waals surface area contributed by atoms with Crippen molar-refractivity contribution in [2.24, 2.45) is 0 Å². The summed E-state index contributed by atoms with van der Waals surface area (Å²) in [4.78, 5) is 12.8. The Bertz CT molecular complexity index is 1320. The molecule has 0 atom stereocenters. The Kier molecular flexibility index (Phi) is 12.7. The maximum absolute atomic E-state index is 13.9. The molecule has 3 aromatic rings. The molecule has 0 aliphatic carbocycles. The number of hydrogen-bond donors (Lipinski definition) is 2. The number of phenols is 1. The van der Waals surface area contributed by atoms with Gasteiger partial charge in [-0.2, -0.15) is 13.7 Å². The number of hydrogen-bond acceptors (Lipinski definition) is 5. The van der Waals surface area contributed by atoms with Crippen LogP contribution in [0.5, 0.6) is 5.75 Å². The van der Waals surface area contributed by atoms with Gasteiger partial charge in [-0.05, 0) is 36.1 Å². The van der Waals surface area contributed by atoms with Gasteiger partial charge in [0.25, 0.3) is 14.1 Å². The minimum absolute atomic E-state index is 0.0157. The molecule has 0 bridgehead atoms. The first-order valence-corrected chi connectivity index (χ1v) is 12.3.